The molecule has 7 heteroatoms. The van der Waals surface area contributed by atoms with E-state index < -0.39 is 0 Å². The van der Waals surface area contributed by atoms with Gasteiger partial charge < -0.3 is 14.9 Å². The number of nitrogens with zero attached hydrogens (tertiary/aromatic N) is 5. The number of rotatable bonds is 4. The van der Waals surface area contributed by atoms with Gasteiger partial charge in [-0.15, -0.1) is 0 Å². The van der Waals surface area contributed by atoms with Crippen LogP contribution in [0.3, 0.4) is 0 Å². The van der Waals surface area contributed by atoms with Crippen LogP contribution in [0.1, 0.15) is 29.8 Å². The van der Waals surface area contributed by atoms with Gasteiger partial charge in [-0.2, -0.15) is 0 Å². The summed E-state index contributed by atoms with van der Waals surface area (Å²) in [5, 5.41) is 10.2. The van der Waals surface area contributed by atoms with E-state index in [1.807, 2.05) is 23.1 Å². The Balaban J connectivity index is 1.49. The zero-order chi connectivity index (χ0) is 20.4. The van der Waals surface area contributed by atoms with E-state index in [1.54, 1.807) is 12.4 Å². The predicted molar refractivity (Wildman–Crippen MR) is 112 cm³/mol. The van der Waals surface area contributed by atoms with Gasteiger partial charge in [-0.3, -0.25) is 9.69 Å². The lowest BCUT2D eigenvalue weighted by atomic mass is 9.99. The number of carbonyl (C=O) groups is 1. The molecule has 1 aromatic carbocycles. The SMILES string of the molecule is C=CC(=O)N1CCN(c2ncnc3c2CCN(C(C)c2ccccc2O)C3)CC1. The van der Waals surface area contributed by atoms with Crippen LogP contribution in [0.5, 0.6) is 5.75 Å². The summed E-state index contributed by atoms with van der Waals surface area (Å²) >= 11 is 0. The number of phenols is 1. The largest absolute Gasteiger partial charge is 0.508 e. The molecule has 29 heavy (non-hydrogen) atoms. The molecule has 152 valence electrons. The number of amides is 1. The van der Waals surface area contributed by atoms with Crippen LogP contribution in [0.4, 0.5) is 5.82 Å². The molecule has 1 saturated heterocycles. The van der Waals surface area contributed by atoms with Crippen LogP contribution in [0.25, 0.3) is 0 Å². The fourth-order valence-electron chi connectivity index (χ4n) is 4.27. The number of para-hydroxylation sites is 1. The van der Waals surface area contributed by atoms with Gasteiger partial charge in [0.1, 0.15) is 17.9 Å². The summed E-state index contributed by atoms with van der Waals surface area (Å²) in [6.07, 6.45) is 3.89. The molecule has 2 aliphatic rings. The third-order valence-electron chi connectivity index (χ3n) is 6.01. The Bertz CT molecular complexity index is 908. The summed E-state index contributed by atoms with van der Waals surface area (Å²) in [5.41, 5.74) is 3.19. The van der Waals surface area contributed by atoms with Gasteiger partial charge in [0.05, 0.1) is 5.69 Å². The quantitative estimate of drug-likeness (QED) is 0.803. The summed E-state index contributed by atoms with van der Waals surface area (Å²) in [6, 6.07) is 7.63. The molecule has 1 amide bonds. The molecule has 0 aliphatic carbocycles. The molecule has 1 atom stereocenters. The number of fused-ring (bicyclic) bond motifs is 1. The van der Waals surface area contributed by atoms with Gasteiger partial charge in [-0.25, -0.2) is 9.97 Å². The average Bonchev–Trinajstić information content (AvgIpc) is 2.77. The van der Waals surface area contributed by atoms with Crippen molar-refractivity contribution in [3.8, 4) is 5.75 Å². The summed E-state index contributed by atoms with van der Waals surface area (Å²) in [5.74, 6) is 1.32. The average molecular weight is 393 g/mol. The number of piperazine rings is 1. The maximum Gasteiger partial charge on any atom is 0.246 e. The summed E-state index contributed by atoms with van der Waals surface area (Å²) in [7, 11) is 0. The fraction of sp³-hybridized carbons (Fsp3) is 0.409. The zero-order valence-corrected chi connectivity index (χ0v) is 16.8. The lowest BCUT2D eigenvalue weighted by Crippen LogP contribution is -2.49. The zero-order valence-electron chi connectivity index (χ0n) is 16.8. The standard InChI is InChI=1S/C22H27N5O2/c1-3-21(29)25-10-12-26(13-11-25)22-18-8-9-27(14-19(18)23-15-24-22)16(2)17-6-4-5-7-20(17)28/h3-7,15-16,28H,1,8-14H2,2H3. The minimum absolute atomic E-state index is 0.0110. The van der Waals surface area contributed by atoms with Crippen LogP contribution in [0, 0.1) is 0 Å². The van der Waals surface area contributed by atoms with E-state index in [0.717, 1.165) is 49.7 Å². The van der Waals surface area contributed by atoms with E-state index >= 15 is 0 Å². The number of aromatic hydroxyl groups is 1. The van der Waals surface area contributed by atoms with Crippen molar-refractivity contribution in [1.82, 2.24) is 19.8 Å². The van der Waals surface area contributed by atoms with Gasteiger partial charge in [0, 0.05) is 56.4 Å². The van der Waals surface area contributed by atoms with Crippen molar-refractivity contribution in [2.75, 3.05) is 37.6 Å². The molecular weight excluding hydrogens is 366 g/mol. The molecule has 0 bridgehead atoms. The molecule has 2 aromatic rings. The third-order valence-corrected chi connectivity index (χ3v) is 6.01. The molecule has 1 fully saturated rings. The van der Waals surface area contributed by atoms with Crippen LogP contribution in [0.15, 0.2) is 43.2 Å². The van der Waals surface area contributed by atoms with E-state index in [9.17, 15) is 9.90 Å². The minimum atomic E-state index is -0.0110. The molecule has 0 spiro atoms. The summed E-state index contributed by atoms with van der Waals surface area (Å²) in [6.45, 7) is 10.2. The van der Waals surface area contributed by atoms with E-state index in [2.05, 4.69) is 33.3 Å². The molecule has 1 aromatic heterocycles. The highest BCUT2D eigenvalue weighted by Gasteiger charge is 2.29. The highest BCUT2D eigenvalue weighted by atomic mass is 16.3. The Kier molecular flexibility index (Phi) is 5.49. The molecule has 0 radical (unpaired) electrons. The Morgan fingerprint density at radius 2 is 1.93 bits per heavy atom. The van der Waals surface area contributed by atoms with Crippen molar-refractivity contribution in [1.29, 1.82) is 0 Å². The number of phenolic OH excluding ortho intramolecular Hbond substituents is 1. The Morgan fingerprint density at radius 1 is 1.17 bits per heavy atom. The Labute approximate surface area is 171 Å². The molecule has 1 N–H and O–H groups in total. The molecule has 2 aliphatic heterocycles. The van der Waals surface area contributed by atoms with Crippen molar-refractivity contribution in [3.63, 3.8) is 0 Å². The second-order valence-corrected chi connectivity index (χ2v) is 7.59. The van der Waals surface area contributed by atoms with E-state index in [1.165, 1.54) is 11.6 Å². The number of hydrogen-bond acceptors (Lipinski definition) is 6. The van der Waals surface area contributed by atoms with Gasteiger partial charge >= 0.3 is 0 Å². The smallest absolute Gasteiger partial charge is 0.246 e. The molecule has 3 heterocycles. The lowest BCUT2D eigenvalue weighted by molar-refractivity contribution is -0.126. The van der Waals surface area contributed by atoms with Crippen molar-refractivity contribution in [2.45, 2.75) is 25.9 Å². The molecule has 7 nitrogen and oxygen atoms in total. The first-order valence-electron chi connectivity index (χ1n) is 10.1. The number of aromatic nitrogens is 2. The summed E-state index contributed by atoms with van der Waals surface area (Å²) in [4.78, 5) is 27.4. The van der Waals surface area contributed by atoms with Gasteiger partial charge in [-0.1, -0.05) is 24.8 Å². The Morgan fingerprint density at radius 3 is 2.66 bits per heavy atom. The number of benzene rings is 1. The van der Waals surface area contributed by atoms with Crippen LogP contribution < -0.4 is 4.90 Å². The van der Waals surface area contributed by atoms with Crippen molar-refractivity contribution in [2.24, 2.45) is 0 Å². The second kappa shape index (κ2) is 8.21. The van der Waals surface area contributed by atoms with Gasteiger partial charge in [-0.05, 0) is 25.5 Å². The lowest BCUT2D eigenvalue weighted by Gasteiger charge is -2.38. The van der Waals surface area contributed by atoms with E-state index in [0.29, 0.717) is 18.8 Å². The van der Waals surface area contributed by atoms with Crippen molar-refractivity contribution in [3.05, 3.63) is 60.1 Å². The van der Waals surface area contributed by atoms with Gasteiger partial charge in [0.25, 0.3) is 0 Å². The maximum atomic E-state index is 11.8. The number of anilines is 1. The highest BCUT2D eigenvalue weighted by Crippen LogP contribution is 2.33. The Hall–Kier alpha value is -2.93. The molecule has 4 rings (SSSR count). The van der Waals surface area contributed by atoms with Crippen LogP contribution >= 0.6 is 0 Å². The molecule has 0 saturated carbocycles. The second-order valence-electron chi connectivity index (χ2n) is 7.59. The van der Waals surface area contributed by atoms with Crippen LogP contribution in [0.2, 0.25) is 0 Å². The van der Waals surface area contributed by atoms with Crippen molar-refractivity contribution < 1.29 is 9.90 Å². The summed E-state index contributed by atoms with van der Waals surface area (Å²) < 4.78 is 0. The molecular formula is C22H27N5O2. The van der Waals surface area contributed by atoms with E-state index in [4.69, 9.17) is 0 Å². The highest BCUT2D eigenvalue weighted by molar-refractivity contribution is 5.87. The normalized spacial score (nSPS) is 18.2. The fourth-order valence-corrected chi connectivity index (χ4v) is 4.27. The number of carbonyl (C=O) groups excluding carboxylic acids is 1. The third kappa shape index (κ3) is 3.82. The monoisotopic (exact) mass is 393 g/mol. The predicted octanol–water partition coefficient (Wildman–Crippen LogP) is 2.14. The van der Waals surface area contributed by atoms with Crippen LogP contribution in [-0.4, -0.2) is 63.5 Å². The van der Waals surface area contributed by atoms with Crippen LogP contribution in [-0.2, 0) is 17.8 Å². The van der Waals surface area contributed by atoms with Crippen molar-refractivity contribution >= 4 is 11.7 Å². The maximum absolute atomic E-state index is 11.8. The first kappa shape index (κ1) is 19.4. The first-order chi connectivity index (χ1) is 14.1. The minimum Gasteiger partial charge on any atom is -0.508 e. The van der Waals surface area contributed by atoms with Gasteiger partial charge in [0.15, 0.2) is 0 Å². The van der Waals surface area contributed by atoms with E-state index in [-0.39, 0.29) is 11.9 Å². The number of hydrogen-bond donors (Lipinski definition) is 1. The first-order valence-corrected chi connectivity index (χ1v) is 10.1. The topological polar surface area (TPSA) is 72.8 Å². The molecule has 1 unspecified atom stereocenters. The van der Waals surface area contributed by atoms with Gasteiger partial charge in [0.2, 0.25) is 5.91 Å².